The van der Waals surface area contributed by atoms with Crippen LogP contribution in [-0.2, 0) is 0 Å². The van der Waals surface area contributed by atoms with Crippen LogP contribution in [0.25, 0.3) is 0 Å². The molecule has 2 aliphatic rings. The first-order chi connectivity index (χ1) is 9.69. The first-order valence-electron chi connectivity index (χ1n) is 7.83. The Kier molecular flexibility index (Phi) is 3.68. The molecule has 108 valence electrons. The van der Waals surface area contributed by atoms with Crippen molar-refractivity contribution in [3.63, 3.8) is 0 Å². The van der Waals surface area contributed by atoms with E-state index in [2.05, 4.69) is 4.90 Å². The highest BCUT2D eigenvalue weighted by molar-refractivity contribution is 5.95. The number of likely N-dealkylation sites (tertiary alicyclic amines) is 1. The quantitative estimate of drug-likeness (QED) is 0.796. The zero-order chi connectivity index (χ0) is 14.0. The molecule has 1 saturated carbocycles. The largest absolute Gasteiger partial charge is 0.399 e. The summed E-state index contributed by atoms with van der Waals surface area (Å²) in [6.45, 7) is 1.84. The number of nitrogens with zero attached hydrogens (tertiary/aromatic N) is 1. The van der Waals surface area contributed by atoms with E-state index in [1.807, 2.05) is 18.2 Å². The zero-order valence-electron chi connectivity index (χ0n) is 12.1. The summed E-state index contributed by atoms with van der Waals surface area (Å²) < 4.78 is 0. The maximum absolute atomic E-state index is 12.6. The van der Waals surface area contributed by atoms with E-state index >= 15 is 0 Å². The van der Waals surface area contributed by atoms with Gasteiger partial charge in [-0.1, -0.05) is 25.3 Å². The van der Waals surface area contributed by atoms with E-state index in [4.69, 9.17) is 5.73 Å². The van der Waals surface area contributed by atoms with Crippen molar-refractivity contribution in [3.05, 3.63) is 29.8 Å². The number of rotatable bonds is 1. The van der Waals surface area contributed by atoms with Crippen LogP contribution in [-0.4, -0.2) is 23.9 Å². The van der Waals surface area contributed by atoms with Gasteiger partial charge in [0.2, 0.25) is 0 Å². The Bertz CT molecular complexity index is 486. The van der Waals surface area contributed by atoms with Crippen LogP contribution in [0.1, 0.15) is 55.3 Å². The minimum absolute atomic E-state index is 0.155. The van der Waals surface area contributed by atoms with E-state index in [9.17, 15) is 4.79 Å². The van der Waals surface area contributed by atoms with Gasteiger partial charge in [-0.15, -0.1) is 0 Å². The van der Waals surface area contributed by atoms with Crippen LogP contribution in [0.2, 0.25) is 0 Å². The molecule has 1 heterocycles. The van der Waals surface area contributed by atoms with Gasteiger partial charge in [-0.25, -0.2) is 0 Å². The monoisotopic (exact) mass is 272 g/mol. The average Bonchev–Trinajstić information content (AvgIpc) is 2.47. The molecule has 2 fully saturated rings. The minimum atomic E-state index is 0.155. The van der Waals surface area contributed by atoms with E-state index in [1.54, 1.807) is 6.07 Å². The second-order valence-electron chi connectivity index (χ2n) is 6.52. The lowest BCUT2D eigenvalue weighted by Gasteiger charge is -2.45. The molecule has 1 aliphatic carbocycles. The number of carbonyl (C=O) groups is 1. The summed E-state index contributed by atoms with van der Waals surface area (Å²) >= 11 is 0. The molecule has 3 rings (SSSR count). The highest BCUT2D eigenvalue weighted by Crippen LogP contribution is 2.43. The van der Waals surface area contributed by atoms with Crippen molar-refractivity contribution in [1.82, 2.24) is 4.90 Å². The van der Waals surface area contributed by atoms with E-state index in [0.717, 1.165) is 25.1 Å². The first kappa shape index (κ1) is 13.5. The highest BCUT2D eigenvalue weighted by Gasteiger charge is 2.37. The van der Waals surface area contributed by atoms with Gasteiger partial charge < -0.3 is 10.6 Å². The number of piperidine rings is 1. The molecule has 1 aromatic rings. The fourth-order valence-electron chi connectivity index (χ4n) is 3.95. The molecular weight excluding hydrogens is 248 g/mol. The summed E-state index contributed by atoms with van der Waals surface area (Å²) in [4.78, 5) is 14.7. The Morgan fingerprint density at radius 2 is 1.85 bits per heavy atom. The Labute approximate surface area is 121 Å². The second kappa shape index (κ2) is 5.47. The molecule has 1 amide bonds. The minimum Gasteiger partial charge on any atom is -0.399 e. The smallest absolute Gasteiger partial charge is 0.253 e. The molecule has 0 bridgehead atoms. The summed E-state index contributed by atoms with van der Waals surface area (Å²) in [5, 5.41) is 0. The van der Waals surface area contributed by atoms with Gasteiger partial charge in [0.25, 0.3) is 5.91 Å². The number of anilines is 1. The topological polar surface area (TPSA) is 46.3 Å². The lowest BCUT2D eigenvalue weighted by atomic mass is 9.69. The van der Waals surface area contributed by atoms with E-state index in [1.165, 1.54) is 38.5 Å². The number of nitrogen functional groups attached to an aromatic ring is 1. The summed E-state index contributed by atoms with van der Waals surface area (Å²) in [5.41, 5.74) is 7.60. The molecule has 0 radical (unpaired) electrons. The van der Waals surface area contributed by atoms with Crippen LogP contribution >= 0.6 is 0 Å². The maximum atomic E-state index is 12.6. The Balaban J connectivity index is 1.74. The van der Waals surface area contributed by atoms with Crippen LogP contribution in [0, 0.1) is 5.41 Å². The molecule has 2 N–H and O–H groups in total. The number of hydrogen-bond acceptors (Lipinski definition) is 2. The molecule has 1 aliphatic heterocycles. The van der Waals surface area contributed by atoms with Crippen molar-refractivity contribution in [2.45, 2.75) is 44.9 Å². The molecule has 0 atom stereocenters. The Morgan fingerprint density at radius 1 is 1.10 bits per heavy atom. The third-order valence-corrected chi connectivity index (χ3v) is 5.00. The maximum Gasteiger partial charge on any atom is 0.253 e. The van der Waals surface area contributed by atoms with E-state index in [0.29, 0.717) is 11.1 Å². The third kappa shape index (κ3) is 2.67. The molecule has 0 aromatic heterocycles. The van der Waals surface area contributed by atoms with Gasteiger partial charge in [-0.05, 0) is 49.3 Å². The number of amides is 1. The van der Waals surface area contributed by atoms with Crippen molar-refractivity contribution < 1.29 is 4.79 Å². The Hall–Kier alpha value is -1.51. The number of nitrogens with two attached hydrogens (primary N) is 1. The zero-order valence-corrected chi connectivity index (χ0v) is 12.1. The molecule has 3 nitrogen and oxygen atoms in total. The van der Waals surface area contributed by atoms with Gasteiger partial charge in [0.15, 0.2) is 0 Å². The first-order valence-corrected chi connectivity index (χ1v) is 7.83. The van der Waals surface area contributed by atoms with Crippen molar-refractivity contribution in [1.29, 1.82) is 0 Å². The van der Waals surface area contributed by atoms with E-state index in [-0.39, 0.29) is 5.91 Å². The van der Waals surface area contributed by atoms with E-state index < -0.39 is 0 Å². The van der Waals surface area contributed by atoms with Crippen molar-refractivity contribution in [3.8, 4) is 0 Å². The molecule has 3 heteroatoms. The SMILES string of the molecule is Nc1cccc(C(=O)N2CCCC3(CCCCC3)C2)c1. The number of benzene rings is 1. The second-order valence-corrected chi connectivity index (χ2v) is 6.52. The lowest BCUT2D eigenvalue weighted by molar-refractivity contribution is 0.0384. The summed E-state index contributed by atoms with van der Waals surface area (Å²) in [7, 11) is 0. The fraction of sp³-hybridized carbons (Fsp3) is 0.588. The normalized spacial score (nSPS) is 21.9. The molecule has 1 saturated heterocycles. The molecular formula is C17H24N2O. The van der Waals surface area contributed by atoms with Crippen molar-refractivity contribution >= 4 is 11.6 Å². The van der Waals surface area contributed by atoms with Crippen LogP contribution in [0.3, 0.4) is 0 Å². The van der Waals surface area contributed by atoms with Crippen LogP contribution < -0.4 is 5.73 Å². The van der Waals surface area contributed by atoms with Crippen LogP contribution in [0.4, 0.5) is 5.69 Å². The van der Waals surface area contributed by atoms with Crippen LogP contribution in [0.5, 0.6) is 0 Å². The van der Waals surface area contributed by atoms with Crippen molar-refractivity contribution in [2.75, 3.05) is 18.8 Å². The van der Waals surface area contributed by atoms with Gasteiger partial charge >= 0.3 is 0 Å². The summed E-state index contributed by atoms with van der Waals surface area (Å²) in [6.07, 6.45) is 9.08. The third-order valence-electron chi connectivity index (χ3n) is 5.00. The Morgan fingerprint density at radius 3 is 2.60 bits per heavy atom. The van der Waals surface area contributed by atoms with Crippen LogP contribution in [0.15, 0.2) is 24.3 Å². The van der Waals surface area contributed by atoms with Gasteiger partial charge in [0.05, 0.1) is 0 Å². The fourth-order valence-corrected chi connectivity index (χ4v) is 3.95. The number of hydrogen-bond donors (Lipinski definition) is 1. The predicted octanol–water partition coefficient (Wildman–Crippen LogP) is 3.46. The van der Waals surface area contributed by atoms with Crippen molar-refractivity contribution in [2.24, 2.45) is 5.41 Å². The summed E-state index contributed by atoms with van der Waals surface area (Å²) in [6, 6.07) is 7.36. The standard InChI is InChI=1S/C17H24N2O/c18-15-7-4-6-14(12-15)16(20)19-11-5-10-17(13-19)8-2-1-3-9-17/h4,6-7,12H,1-3,5,8-11,13,18H2. The number of carbonyl (C=O) groups excluding carboxylic acids is 1. The average molecular weight is 272 g/mol. The predicted molar refractivity (Wildman–Crippen MR) is 81.5 cm³/mol. The molecule has 1 spiro atoms. The molecule has 20 heavy (non-hydrogen) atoms. The van der Waals surface area contributed by atoms with Gasteiger partial charge in [-0.2, -0.15) is 0 Å². The van der Waals surface area contributed by atoms with Gasteiger partial charge in [0, 0.05) is 24.3 Å². The van der Waals surface area contributed by atoms with Gasteiger partial charge in [-0.3, -0.25) is 4.79 Å². The molecule has 1 aromatic carbocycles. The van der Waals surface area contributed by atoms with Gasteiger partial charge in [0.1, 0.15) is 0 Å². The highest BCUT2D eigenvalue weighted by atomic mass is 16.2. The lowest BCUT2D eigenvalue weighted by Crippen LogP contribution is -2.46. The summed E-state index contributed by atoms with van der Waals surface area (Å²) in [5.74, 6) is 0.155. The molecule has 0 unspecified atom stereocenters.